The molecule has 103 valence electrons. The molecule has 1 aromatic carbocycles. The summed E-state index contributed by atoms with van der Waals surface area (Å²) in [5.41, 5.74) is -0.681. The van der Waals surface area contributed by atoms with Gasteiger partial charge in [-0.3, -0.25) is 4.79 Å². The fourth-order valence-electron chi connectivity index (χ4n) is 2.30. The van der Waals surface area contributed by atoms with E-state index in [-0.39, 0.29) is 22.7 Å². The molecule has 20 heavy (non-hydrogen) atoms. The van der Waals surface area contributed by atoms with E-state index < -0.39 is 17.2 Å². The van der Waals surface area contributed by atoms with Gasteiger partial charge in [-0.15, -0.1) is 0 Å². The molecule has 1 N–H and O–H groups in total. The Hall–Kier alpha value is -2.37. The Balaban J connectivity index is 2.48. The third-order valence-corrected chi connectivity index (χ3v) is 3.36. The normalized spacial score (nSPS) is 14.5. The average Bonchev–Trinajstić information content (AvgIpc) is 3.22. The first-order valence-corrected chi connectivity index (χ1v) is 6.11. The van der Waals surface area contributed by atoms with Crippen molar-refractivity contribution in [2.45, 2.75) is 18.9 Å². The second-order valence-electron chi connectivity index (χ2n) is 4.73. The number of carbonyl (C=O) groups is 1. The van der Waals surface area contributed by atoms with Crippen LogP contribution in [0.5, 0.6) is 5.75 Å². The summed E-state index contributed by atoms with van der Waals surface area (Å²) in [7, 11) is 1.36. The highest BCUT2D eigenvalue weighted by atomic mass is 19.1. The minimum Gasteiger partial charge on any atom is -0.494 e. The van der Waals surface area contributed by atoms with Gasteiger partial charge in [0.15, 0.2) is 5.75 Å². The summed E-state index contributed by atoms with van der Waals surface area (Å²) < 4.78 is 20.3. The molecule has 1 heterocycles. The smallest absolute Gasteiger partial charge is 0.341 e. The second kappa shape index (κ2) is 4.33. The van der Waals surface area contributed by atoms with Gasteiger partial charge < -0.3 is 14.4 Å². The SMILES string of the molecule is COc1[c]c(F)cc2c(=O)c(C(=O)O)cn(C3CC3)c12. The number of pyridine rings is 1. The van der Waals surface area contributed by atoms with Gasteiger partial charge in [0.1, 0.15) is 11.4 Å². The summed E-state index contributed by atoms with van der Waals surface area (Å²) in [6, 6.07) is 3.52. The molecule has 0 bridgehead atoms. The van der Waals surface area contributed by atoms with E-state index in [1.54, 1.807) is 4.57 Å². The van der Waals surface area contributed by atoms with Crippen molar-refractivity contribution < 1.29 is 19.0 Å². The third-order valence-electron chi connectivity index (χ3n) is 3.36. The number of rotatable bonds is 3. The summed E-state index contributed by atoms with van der Waals surface area (Å²) in [5.74, 6) is -1.96. The highest BCUT2D eigenvalue weighted by molar-refractivity contribution is 5.94. The lowest BCUT2D eigenvalue weighted by atomic mass is 10.1. The molecule has 0 amide bonds. The Morgan fingerprint density at radius 2 is 2.25 bits per heavy atom. The lowest BCUT2D eigenvalue weighted by Crippen LogP contribution is -2.19. The van der Waals surface area contributed by atoms with Crippen LogP contribution in [0.2, 0.25) is 0 Å². The topological polar surface area (TPSA) is 68.5 Å². The maximum atomic E-state index is 13.5. The predicted molar refractivity (Wildman–Crippen MR) is 68.8 cm³/mol. The Morgan fingerprint density at radius 1 is 1.55 bits per heavy atom. The number of benzene rings is 1. The molecular formula is C14H11FNO4. The van der Waals surface area contributed by atoms with Crippen LogP contribution >= 0.6 is 0 Å². The van der Waals surface area contributed by atoms with Gasteiger partial charge in [-0.05, 0) is 18.9 Å². The number of fused-ring (bicyclic) bond motifs is 1. The van der Waals surface area contributed by atoms with Crippen molar-refractivity contribution in [3.63, 3.8) is 0 Å². The van der Waals surface area contributed by atoms with Crippen LogP contribution in [0.3, 0.4) is 0 Å². The van der Waals surface area contributed by atoms with Crippen molar-refractivity contribution in [3.8, 4) is 5.75 Å². The zero-order chi connectivity index (χ0) is 14.4. The van der Waals surface area contributed by atoms with Crippen LogP contribution in [0, 0.1) is 11.9 Å². The molecule has 3 rings (SSSR count). The summed E-state index contributed by atoms with van der Waals surface area (Å²) in [6.07, 6.45) is 3.08. The number of carboxylic acid groups (broad SMARTS) is 1. The van der Waals surface area contributed by atoms with Crippen molar-refractivity contribution >= 4 is 16.9 Å². The average molecular weight is 276 g/mol. The highest BCUT2D eigenvalue weighted by Crippen LogP contribution is 2.39. The Bertz CT molecular complexity index is 777. The molecular weight excluding hydrogens is 265 g/mol. The Kier molecular flexibility index (Phi) is 2.74. The molecule has 1 fully saturated rings. The van der Waals surface area contributed by atoms with Gasteiger partial charge in [0.2, 0.25) is 5.43 Å². The quantitative estimate of drug-likeness (QED) is 0.930. The number of carboxylic acids is 1. The van der Waals surface area contributed by atoms with Crippen molar-refractivity contribution in [3.05, 3.63) is 39.9 Å². The van der Waals surface area contributed by atoms with E-state index in [1.165, 1.54) is 13.3 Å². The molecule has 0 saturated heterocycles. The fraction of sp³-hybridized carbons (Fsp3) is 0.286. The largest absolute Gasteiger partial charge is 0.494 e. The van der Waals surface area contributed by atoms with Crippen molar-refractivity contribution in [1.82, 2.24) is 4.57 Å². The van der Waals surface area contributed by atoms with Gasteiger partial charge >= 0.3 is 5.97 Å². The van der Waals surface area contributed by atoms with Gasteiger partial charge in [-0.2, -0.15) is 0 Å². The Morgan fingerprint density at radius 3 is 2.80 bits per heavy atom. The minimum absolute atomic E-state index is 0.00454. The van der Waals surface area contributed by atoms with Crippen LogP contribution in [-0.4, -0.2) is 22.8 Å². The number of aromatic carboxylic acids is 1. The first-order valence-electron chi connectivity index (χ1n) is 6.11. The highest BCUT2D eigenvalue weighted by Gasteiger charge is 2.28. The molecule has 2 aromatic rings. The van der Waals surface area contributed by atoms with Crippen LogP contribution in [0.25, 0.3) is 10.9 Å². The molecule has 0 aliphatic heterocycles. The van der Waals surface area contributed by atoms with Crippen molar-refractivity contribution in [2.75, 3.05) is 7.11 Å². The maximum absolute atomic E-state index is 13.5. The summed E-state index contributed by atoms with van der Waals surface area (Å²) in [5, 5.41) is 9.11. The Labute approximate surface area is 113 Å². The van der Waals surface area contributed by atoms with Gasteiger partial charge in [0.25, 0.3) is 0 Å². The van der Waals surface area contributed by atoms with E-state index in [9.17, 15) is 14.0 Å². The molecule has 6 heteroatoms. The van der Waals surface area contributed by atoms with Crippen LogP contribution in [0.4, 0.5) is 4.39 Å². The summed E-state index contributed by atoms with van der Waals surface area (Å²) in [6.45, 7) is 0. The van der Waals surface area contributed by atoms with E-state index in [1.807, 2.05) is 0 Å². The van der Waals surface area contributed by atoms with E-state index in [0.29, 0.717) is 5.52 Å². The van der Waals surface area contributed by atoms with E-state index in [0.717, 1.165) is 18.9 Å². The number of halogens is 1. The monoisotopic (exact) mass is 276 g/mol. The third kappa shape index (κ3) is 1.84. The molecule has 1 aromatic heterocycles. The van der Waals surface area contributed by atoms with Crippen LogP contribution < -0.4 is 10.2 Å². The van der Waals surface area contributed by atoms with Gasteiger partial charge in [-0.1, -0.05) is 0 Å². The van der Waals surface area contributed by atoms with E-state index >= 15 is 0 Å². The summed E-state index contributed by atoms with van der Waals surface area (Å²) >= 11 is 0. The van der Waals surface area contributed by atoms with Crippen LogP contribution in [0.1, 0.15) is 29.2 Å². The van der Waals surface area contributed by atoms with Crippen LogP contribution in [0.15, 0.2) is 17.1 Å². The number of hydrogen-bond donors (Lipinski definition) is 1. The molecule has 1 aliphatic carbocycles. The van der Waals surface area contributed by atoms with Gasteiger partial charge in [0, 0.05) is 12.2 Å². The second-order valence-corrected chi connectivity index (χ2v) is 4.73. The molecule has 0 atom stereocenters. The maximum Gasteiger partial charge on any atom is 0.341 e. The molecule has 1 saturated carbocycles. The first kappa shape index (κ1) is 12.7. The number of hydrogen-bond acceptors (Lipinski definition) is 3. The zero-order valence-corrected chi connectivity index (χ0v) is 10.6. The number of nitrogens with zero attached hydrogens (tertiary/aromatic N) is 1. The standard InChI is InChI=1S/C14H11FNO4/c1-20-11-5-7(15)4-9-12(11)16(8-2-3-8)6-10(13(9)17)14(18)19/h4,6,8H,2-3H2,1H3,(H,18,19). The van der Waals surface area contributed by atoms with Gasteiger partial charge in [-0.25, -0.2) is 9.18 Å². The first-order chi connectivity index (χ1) is 9.52. The summed E-state index contributed by atoms with van der Waals surface area (Å²) in [4.78, 5) is 23.3. The molecule has 5 nitrogen and oxygen atoms in total. The van der Waals surface area contributed by atoms with Crippen molar-refractivity contribution in [1.29, 1.82) is 0 Å². The molecule has 0 spiro atoms. The number of aromatic nitrogens is 1. The molecule has 1 aliphatic rings. The predicted octanol–water partition coefficient (Wildman–Crippen LogP) is 1.98. The van der Waals surface area contributed by atoms with Gasteiger partial charge in [0.05, 0.1) is 24.1 Å². The number of ether oxygens (including phenoxy) is 1. The minimum atomic E-state index is -1.32. The number of methoxy groups -OCH3 is 1. The van der Waals surface area contributed by atoms with E-state index in [4.69, 9.17) is 9.84 Å². The zero-order valence-electron chi connectivity index (χ0n) is 10.6. The lowest BCUT2D eigenvalue weighted by Gasteiger charge is -2.14. The van der Waals surface area contributed by atoms with E-state index in [2.05, 4.69) is 6.07 Å². The van der Waals surface area contributed by atoms with Crippen LogP contribution in [-0.2, 0) is 0 Å². The van der Waals surface area contributed by atoms with Crippen molar-refractivity contribution in [2.24, 2.45) is 0 Å². The molecule has 0 unspecified atom stereocenters. The fourth-order valence-corrected chi connectivity index (χ4v) is 2.30. The molecule has 1 radical (unpaired) electrons. The lowest BCUT2D eigenvalue weighted by molar-refractivity contribution is 0.0695.